The van der Waals surface area contributed by atoms with Crippen LogP contribution in [0.4, 0.5) is 0 Å². The second-order valence-corrected chi connectivity index (χ2v) is 4.39. The van der Waals surface area contributed by atoms with Crippen molar-refractivity contribution >= 4 is 5.91 Å². The van der Waals surface area contributed by atoms with E-state index < -0.39 is 0 Å². The molecule has 5 nitrogen and oxygen atoms in total. The predicted octanol–water partition coefficient (Wildman–Crippen LogP) is 2.24. The van der Waals surface area contributed by atoms with Crippen LogP contribution in [0.25, 0.3) is 0 Å². The van der Waals surface area contributed by atoms with Crippen molar-refractivity contribution in [3.8, 4) is 5.75 Å². The van der Waals surface area contributed by atoms with Crippen molar-refractivity contribution in [1.82, 2.24) is 10.3 Å². The first-order chi connectivity index (χ1) is 9.67. The zero-order valence-corrected chi connectivity index (χ0v) is 11.7. The van der Waals surface area contributed by atoms with E-state index in [4.69, 9.17) is 9.15 Å². The van der Waals surface area contributed by atoms with Crippen LogP contribution in [-0.2, 0) is 17.8 Å². The number of oxazole rings is 1. The van der Waals surface area contributed by atoms with Gasteiger partial charge >= 0.3 is 0 Å². The number of nitrogens with one attached hydrogen (secondary N) is 1. The Labute approximate surface area is 118 Å². The van der Waals surface area contributed by atoms with Crippen molar-refractivity contribution in [2.75, 3.05) is 6.61 Å². The van der Waals surface area contributed by atoms with Gasteiger partial charge in [-0.15, -0.1) is 0 Å². The second kappa shape index (κ2) is 6.75. The highest BCUT2D eigenvalue weighted by Gasteiger charge is 2.05. The van der Waals surface area contributed by atoms with Crippen LogP contribution in [0.1, 0.15) is 24.1 Å². The molecule has 1 N–H and O–H groups in total. The standard InChI is InChI=1S/C15H18N2O3/c1-3-19-14-6-4-12(5-7-14)8-15(18)16-9-13-10-20-11(2)17-13/h4-7,10H,3,8-9H2,1-2H3,(H,16,18). The number of carbonyl (C=O) groups excluding carboxylic acids is 1. The van der Waals surface area contributed by atoms with Crippen LogP contribution in [0.5, 0.6) is 5.75 Å². The highest BCUT2D eigenvalue weighted by Crippen LogP contribution is 2.12. The Balaban J connectivity index is 1.81. The molecule has 0 saturated heterocycles. The van der Waals surface area contributed by atoms with Gasteiger partial charge in [-0.3, -0.25) is 4.79 Å². The predicted molar refractivity (Wildman–Crippen MR) is 74.4 cm³/mol. The van der Waals surface area contributed by atoms with Crippen LogP contribution in [0.3, 0.4) is 0 Å². The first kappa shape index (κ1) is 14.1. The van der Waals surface area contributed by atoms with Gasteiger partial charge in [0.2, 0.25) is 5.91 Å². The molecule has 2 rings (SSSR count). The molecule has 0 fully saturated rings. The third-order valence-corrected chi connectivity index (χ3v) is 2.73. The van der Waals surface area contributed by atoms with E-state index in [9.17, 15) is 4.79 Å². The van der Waals surface area contributed by atoms with E-state index in [0.29, 0.717) is 25.5 Å². The maximum atomic E-state index is 11.8. The van der Waals surface area contributed by atoms with Gasteiger partial charge in [-0.05, 0) is 24.6 Å². The van der Waals surface area contributed by atoms with Gasteiger partial charge in [0.25, 0.3) is 0 Å². The van der Waals surface area contributed by atoms with E-state index in [1.807, 2.05) is 31.2 Å². The Bertz CT molecular complexity index is 561. The Morgan fingerprint density at radius 2 is 2.10 bits per heavy atom. The molecule has 1 amide bonds. The molecule has 2 aromatic rings. The van der Waals surface area contributed by atoms with Crippen molar-refractivity contribution in [3.05, 3.63) is 47.7 Å². The monoisotopic (exact) mass is 274 g/mol. The Hall–Kier alpha value is -2.30. The molecule has 0 radical (unpaired) electrons. The molecule has 0 aliphatic carbocycles. The summed E-state index contributed by atoms with van der Waals surface area (Å²) < 4.78 is 10.4. The van der Waals surface area contributed by atoms with E-state index in [-0.39, 0.29) is 5.91 Å². The highest BCUT2D eigenvalue weighted by molar-refractivity contribution is 5.78. The zero-order valence-electron chi connectivity index (χ0n) is 11.7. The van der Waals surface area contributed by atoms with Crippen molar-refractivity contribution in [3.63, 3.8) is 0 Å². The Morgan fingerprint density at radius 3 is 2.70 bits per heavy atom. The number of rotatable bonds is 6. The van der Waals surface area contributed by atoms with E-state index in [0.717, 1.165) is 17.0 Å². The third-order valence-electron chi connectivity index (χ3n) is 2.73. The van der Waals surface area contributed by atoms with Crippen molar-refractivity contribution in [1.29, 1.82) is 0 Å². The van der Waals surface area contributed by atoms with Gasteiger partial charge in [-0.2, -0.15) is 0 Å². The normalized spacial score (nSPS) is 10.3. The van der Waals surface area contributed by atoms with Crippen LogP contribution >= 0.6 is 0 Å². The van der Waals surface area contributed by atoms with Gasteiger partial charge in [0.1, 0.15) is 12.0 Å². The average molecular weight is 274 g/mol. The van der Waals surface area contributed by atoms with Gasteiger partial charge in [-0.25, -0.2) is 4.98 Å². The summed E-state index contributed by atoms with van der Waals surface area (Å²) in [5.74, 6) is 1.37. The fourth-order valence-electron chi connectivity index (χ4n) is 1.80. The van der Waals surface area contributed by atoms with Gasteiger partial charge in [0.15, 0.2) is 5.89 Å². The number of aryl methyl sites for hydroxylation is 1. The number of benzene rings is 1. The van der Waals surface area contributed by atoms with Crippen LogP contribution in [0.15, 0.2) is 34.9 Å². The quantitative estimate of drug-likeness (QED) is 0.877. The summed E-state index contributed by atoms with van der Waals surface area (Å²) in [5.41, 5.74) is 1.67. The SMILES string of the molecule is CCOc1ccc(CC(=O)NCc2coc(C)n2)cc1. The summed E-state index contributed by atoms with van der Waals surface area (Å²) in [5, 5.41) is 2.81. The molecule has 0 aliphatic heterocycles. The number of hydrogen-bond acceptors (Lipinski definition) is 4. The van der Waals surface area contributed by atoms with Gasteiger partial charge < -0.3 is 14.5 Å². The summed E-state index contributed by atoms with van der Waals surface area (Å²) in [6.45, 7) is 4.72. The van der Waals surface area contributed by atoms with Crippen molar-refractivity contribution < 1.29 is 13.9 Å². The highest BCUT2D eigenvalue weighted by atomic mass is 16.5. The van der Waals surface area contributed by atoms with Crippen LogP contribution in [0, 0.1) is 6.92 Å². The van der Waals surface area contributed by atoms with Crippen LogP contribution in [0.2, 0.25) is 0 Å². The molecular weight excluding hydrogens is 256 g/mol. The molecule has 106 valence electrons. The minimum atomic E-state index is -0.0465. The first-order valence-electron chi connectivity index (χ1n) is 6.57. The maximum absolute atomic E-state index is 11.8. The van der Waals surface area contributed by atoms with Crippen molar-refractivity contribution in [2.24, 2.45) is 0 Å². The number of hydrogen-bond donors (Lipinski definition) is 1. The van der Waals surface area contributed by atoms with E-state index in [1.54, 1.807) is 13.2 Å². The van der Waals surface area contributed by atoms with Crippen LogP contribution in [-0.4, -0.2) is 17.5 Å². The van der Waals surface area contributed by atoms with E-state index in [2.05, 4.69) is 10.3 Å². The summed E-state index contributed by atoms with van der Waals surface area (Å²) >= 11 is 0. The van der Waals surface area contributed by atoms with Gasteiger partial charge in [-0.1, -0.05) is 12.1 Å². The number of nitrogens with zero attached hydrogens (tertiary/aromatic N) is 1. The molecule has 0 unspecified atom stereocenters. The molecule has 0 spiro atoms. The lowest BCUT2D eigenvalue weighted by atomic mass is 10.1. The summed E-state index contributed by atoms with van der Waals surface area (Å²) in [6, 6.07) is 7.52. The van der Waals surface area contributed by atoms with E-state index >= 15 is 0 Å². The maximum Gasteiger partial charge on any atom is 0.224 e. The van der Waals surface area contributed by atoms with Gasteiger partial charge in [0.05, 0.1) is 25.3 Å². The first-order valence-corrected chi connectivity index (χ1v) is 6.57. The average Bonchev–Trinajstić information content (AvgIpc) is 2.85. The molecule has 20 heavy (non-hydrogen) atoms. The summed E-state index contributed by atoms with van der Waals surface area (Å²) in [6.07, 6.45) is 1.88. The summed E-state index contributed by atoms with van der Waals surface area (Å²) in [7, 11) is 0. The zero-order chi connectivity index (χ0) is 14.4. The Kier molecular flexibility index (Phi) is 4.76. The third kappa shape index (κ3) is 4.12. The van der Waals surface area contributed by atoms with Crippen LogP contribution < -0.4 is 10.1 Å². The topological polar surface area (TPSA) is 64.4 Å². The molecular formula is C15H18N2O3. The smallest absolute Gasteiger partial charge is 0.224 e. The number of aromatic nitrogens is 1. The molecule has 0 saturated carbocycles. The molecule has 0 atom stereocenters. The second-order valence-electron chi connectivity index (χ2n) is 4.39. The number of amides is 1. The number of carbonyl (C=O) groups is 1. The fraction of sp³-hybridized carbons (Fsp3) is 0.333. The molecule has 1 heterocycles. The fourth-order valence-corrected chi connectivity index (χ4v) is 1.80. The minimum absolute atomic E-state index is 0.0465. The lowest BCUT2D eigenvalue weighted by Gasteiger charge is -2.05. The molecule has 0 aliphatic rings. The molecule has 5 heteroatoms. The lowest BCUT2D eigenvalue weighted by Crippen LogP contribution is -2.24. The molecule has 0 bridgehead atoms. The number of ether oxygens (including phenoxy) is 1. The molecule has 1 aromatic heterocycles. The van der Waals surface area contributed by atoms with Gasteiger partial charge in [0, 0.05) is 6.92 Å². The largest absolute Gasteiger partial charge is 0.494 e. The Morgan fingerprint density at radius 1 is 1.35 bits per heavy atom. The summed E-state index contributed by atoms with van der Waals surface area (Å²) in [4.78, 5) is 15.9. The molecule has 1 aromatic carbocycles. The minimum Gasteiger partial charge on any atom is -0.494 e. The van der Waals surface area contributed by atoms with E-state index in [1.165, 1.54) is 0 Å². The lowest BCUT2D eigenvalue weighted by molar-refractivity contribution is -0.120. The van der Waals surface area contributed by atoms with Crippen molar-refractivity contribution in [2.45, 2.75) is 26.8 Å².